The van der Waals surface area contributed by atoms with Crippen LogP contribution < -0.4 is 10.1 Å². The lowest BCUT2D eigenvalue weighted by Gasteiger charge is -2.08. The van der Waals surface area contributed by atoms with Gasteiger partial charge in [0.25, 0.3) is 0 Å². The number of aliphatic hydroxyl groups excluding tert-OH is 1. The van der Waals surface area contributed by atoms with Crippen molar-refractivity contribution in [3.05, 3.63) is 36.5 Å². The minimum absolute atomic E-state index is 0.149. The molecule has 90 valence electrons. The lowest BCUT2D eigenvalue weighted by Crippen LogP contribution is -2.24. The van der Waals surface area contributed by atoms with Gasteiger partial charge in [0.2, 0.25) is 0 Å². The van der Waals surface area contributed by atoms with E-state index in [-0.39, 0.29) is 6.61 Å². The Bertz CT molecular complexity index is 468. The zero-order chi connectivity index (χ0) is 11.9. The Morgan fingerprint density at radius 3 is 2.94 bits per heavy atom. The van der Waals surface area contributed by atoms with Gasteiger partial charge in [-0.3, -0.25) is 4.98 Å². The molecule has 0 saturated carbocycles. The van der Waals surface area contributed by atoms with Gasteiger partial charge in [-0.05, 0) is 12.1 Å². The lowest BCUT2D eigenvalue weighted by molar-refractivity contribution is 0.276. The summed E-state index contributed by atoms with van der Waals surface area (Å²) in [5.41, 5.74) is 0.886. The second kappa shape index (κ2) is 6.18. The van der Waals surface area contributed by atoms with Crippen molar-refractivity contribution in [2.45, 2.75) is 0 Å². The Hall–Kier alpha value is -1.65. The zero-order valence-electron chi connectivity index (χ0n) is 9.60. The summed E-state index contributed by atoms with van der Waals surface area (Å²) in [6, 6.07) is 9.81. The van der Waals surface area contributed by atoms with E-state index >= 15 is 0 Å². The molecule has 1 heterocycles. The summed E-state index contributed by atoms with van der Waals surface area (Å²) in [7, 11) is 0. The number of nitrogens with zero attached hydrogens (tertiary/aromatic N) is 1. The summed E-state index contributed by atoms with van der Waals surface area (Å²) in [5.74, 6) is 0.800. The molecule has 0 bridgehead atoms. The van der Waals surface area contributed by atoms with E-state index in [9.17, 15) is 0 Å². The lowest BCUT2D eigenvalue weighted by atomic mass is 10.2. The molecule has 0 spiro atoms. The second-order valence-corrected chi connectivity index (χ2v) is 3.65. The Kier molecular flexibility index (Phi) is 4.30. The quantitative estimate of drug-likeness (QED) is 0.735. The summed E-state index contributed by atoms with van der Waals surface area (Å²) < 4.78 is 5.66. The van der Waals surface area contributed by atoms with Gasteiger partial charge < -0.3 is 15.2 Å². The topological polar surface area (TPSA) is 54.4 Å². The van der Waals surface area contributed by atoms with Gasteiger partial charge in [0.15, 0.2) is 0 Å². The molecule has 4 heteroatoms. The van der Waals surface area contributed by atoms with Crippen LogP contribution in [0.2, 0.25) is 0 Å². The Morgan fingerprint density at radius 1 is 1.18 bits per heavy atom. The molecule has 0 amide bonds. The molecule has 1 aromatic heterocycles. The van der Waals surface area contributed by atoms with E-state index in [1.807, 2.05) is 30.3 Å². The number of hydrogen-bond acceptors (Lipinski definition) is 4. The molecule has 0 unspecified atom stereocenters. The van der Waals surface area contributed by atoms with Crippen molar-refractivity contribution in [2.24, 2.45) is 0 Å². The summed E-state index contributed by atoms with van der Waals surface area (Å²) >= 11 is 0. The van der Waals surface area contributed by atoms with Crippen LogP contribution >= 0.6 is 0 Å². The molecular weight excluding hydrogens is 216 g/mol. The van der Waals surface area contributed by atoms with Gasteiger partial charge in [0.05, 0.1) is 6.61 Å². The van der Waals surface area contributed by atoms with Crippen LogP contribution in [-0.2, 0) is 0 Å². The number of ether oxygens (including phenoxy) is 1. The SMILES string of the molecule is OCCNCCOc1cccc2cccnc12. The summed E-state index contributed by atoms with van der Waals surface area (Å²) in [6.07, 6.45) is 1.76. The molecule has 0 radical (unpaired) electrons. The fourth-order valence-electron chi connectivity index (χ4n) is 1.63. The first-order valence-corrected chi connectivity index (χ1v) is 5.70. The predicted octanol–water partition coefficient (Wildman–Crippen LogP) is 1.20. The van der Waals surface area contributed by atoms with Gasteiger partial charge >= 0.3 is 0 Å². The minimum Gasteiger partial charge on any atom is -0.490 e. The molecule has 2 N–H and O–H groups in total. The molecule has 0 fully saturated rings. The molecule has 0 aliphatic carbocycles. The van der Waals surface area contributed by atoms with E-state index in [1.165, 1.54) is 0 Å². The third kappa shape index (κ3) is 3.15. The van der Waals surface area contributed by atoms with E-state index < -0.39 is 0 Å². The normalized spacial score (nSPS) is 10.6. The molecule has 1 aromatic carbocycles. The Morgan fingerprint density at radius 2 is 2.06 bits per heavy atom. The minimum atomic E-state index is 0.149. The van der Waals surface area contributed by atoms with Gasteiger partial charge in [-0.25, -0.2) is 0 Å². The van der Waals surface area contributed by atoms with Crippen LogP contribution in [0.25, 0.3) is 10.9 Å². The predicted molar refractivity (Wildman–Crippen MR) is 67.2 cm³/mol. The highest BCUT2D eigenvalue weighted by Crippen LogP contribution is 2.22. The average molecular weight is 232 g/mol. The maximum atomic E-state index is 8.61. The first kappa shape index (κ1) is 11.8. The van der Waals surface area contributed by atoms with Crippen molar-refractivity contribution in [1.29, 1.82) is 0 Å². The van der Waals surface area contributed by atoms with Crippen LogP contribution in [0.5, 0.6) is 5.75 Å². The molecule has 2 rings (SSSR count). The third-order valence-corrected chi connectivity index (χ3v) is 2.42. The number of aliphatic hydroxyl groups is 1. The smallest absolute Gasteiger partial charge is 0.145 e. The highest BCUT2D eigenvalue weighted by atomic mass is 16.5. The van der Waals surface area contributed by atoms with Crippen LogP contribution in [0.1, 0.15) is 0 Å². The van der Waals surface area contributed by atoms with Crippen molar-refractivity contribution < 1.29 is 9.84 Å². The van der Waals surface area contributed by atoms with Crippen LogP contribution in [0.3, 0.4) is 0 Å². The fraction of sp³-hybridized carbons (Fsp3) is 0.308. The van der Waals surface area contributed by atoms with Gasteiger partial charge in [0, 0.05) is 24.7 Å². The largest absolute Gasteiger partial charge is 0.490 e. The van der Waals surface area contributed by atoms with Crippen molar-refractivity contribution >= 4 is 10.9 Å². The van der Waals surface area contributed by atoms with Crippen molar-refractivity contribution in [3.8, 4) is 5.75 Å². The number of nitrogens with one attached hydrogen (secondary N) is 1. The number of hydrogen-bond donors (Lipinski definition) is 2. The van der Waals surface area contributed by atoms with Crippen LogP contribution in [0, 0.1) is 0 Å². The number of benzene rings is 1. The Labute approximate surface area is 100 Å². The van der Waals surface area contributed by atoms with Crippen molar-refractivity contribution in [3.63, 3.8) is 0 Å². The van der Waals surface area contributed by atoms with Gasteiger partial charge in [-0.2, -0.15) is 0 Å². The van der Waals surface area contributed by atoms with Crippen LogP contribution in [-0.4, -0.2) is 36.4 Å². The van der Waals surface area contributed by atoms with E-state index in [2.05, 4.69) is 10.3 Å². The standard InChI is InChI=1S/C13H16N2O2/c16-9-7-14-8-10-17-12-5-1-3-11-4-2-6-15-13(11)12/h1-6,14,16H,7-10H2. The number of rotatable bonds is 6. The Balaban J connectivity index is 1.98. The van der Waals surface area contributed by atoms with E-state index in [0.29, 0.717) is 19.7 Å². The fourth-order valence-corrected chi connectivity index (χ4v) is 1.63. The molecule has 0 atom stereocenters. The molecule has 0 aliphatic heterocycles. The van der Waals surface area contributed by atoms with Crippen LogP contribution in [0.15, 0.2) is 36.5 Å². The van der Waals surface area contributed by atoms with Crippen molar-refractivity contribution in [1.82, 2.24) is 10.3 Å². The highest BCUT2D eigenvalue weighted by molar-refractivity contribution is 5.84. The van der Waals surface area contributed by atoms with Gasteiger partial charge in [-0.1, -0.05) is 18.2 Å². The van der Waals surface area contributed by atoms with Crippen molar-refractivity contribution in [2.75, 3.05) is 26.3 Å². The zero-order valence-corrected chi connectivity index (χ0v) is 9.60. The van der Waals surface area contributed by atoms with Crippen LogP contribution in [0.4, 0.5) is 0 Å². The first-order valence-electron chi connectivity index (χ1n) is 5.70. The van der Waals surface area contributed by atoms with Gasteiger partial charge in [-0.15, -0.1) is 0 Å². The third-order valence-electron chi connectivity index (χ3n) is 2.42. The molecule has 17 heavy (non-hydrogen) atoms. The van der Waals surface area contributed by atoms with E-state index in [0.717, 1.165) is 16.7 Å². The van der Waals surface area contributed by atoms with E-state index in [1.54, 1.807) is 6.20 Å². The second-order valence-electron chi connectivity index (χ2n) is 3.65. The highest BCUT2D eigenvalue weighted by Gasteiger charge is 2.01. The molecule has 4 nitrogen and oxygen atoms in total. The molecule has 2 aromatic rings. The summed E-state index contributed by atoms with van der Waals surface area (Å²) in [6.45, 7) is 2.02. The maximum Gasteiger partial charge on any atom is 0.145 e. The summed E-state index contributed by atoms with van der Waals surface area (Å²) in [4.78, 5) is 4.31. The first-order chi connectivity index (χ1) is 8.42. The average Bonchev–Trinajstić information content (AvgIpc) is 2.39. The summed E-state index contributed by atoms with van der Waals surface area (Å²) in [5, 5.41) is 12.7. The molecular formula is C13H16N2O2. The molecule has 0 saturated heterocycles. The number of fused-ring (bicyclic) bond motifs is 1. The van der Waals surface area contributed by atoms with E-state index in [4.69, 9.17) is 9.84 Å². The number of pyridine rings is 1. The molecule has 0 aliphatic rings. The number of para-hydroxylation sites is 1. The van der Waals surface area contributed by atoms with Gasteiger partial charge in [0.1, 0.15) is 17.9 Å². The maximum absolute atomic E-state index is 8.61. The number of aromatic nitrogens is 1. The monoisotopic (exact) mass is 232 g/mol.